The summed E-state index contributed by atoms with van der Waals surface area (Å²) in [5, 5.41) is 9.34. The van der Waals surface area contributed by atoms with E-state index in [1.807, 2.05) is 12.1 Å². The van der Waals surface area contributed by atoms with E-state index in [1.165, 1.54) is 5.56 Å². The second-order valence-corrected chi connectivity index (χ2v) is 5.73. The molecular weight excluding hydrogens is 252 g/mol. The molecule has 0 saturated carbocycles. The fourth-order valence-corrected chi connectivity index (χ4v) is 3.15. The van der Waals surface area contributed by atoms with Gasteiger partial charge in [0.05, 0.1) is 6.10 Å². The summed E-state index contributed by atoms with van der Waals surface area (Å²) in [6.07, 6.45) is 3.43. The maximum atomic E-state index is 9.34. The predicted octanol–water partition coefficient (Wildman–Crippen LogP) is 1.76. The number of ether oxygens (including phenoxy) is 1. The van der Waals surface area contributed by atoms with Gasteiger partial charge < -0.3 is 15.6 Å². The summed E-state index contributed by atoms with van der Waals surface area (Å²) >= 11 is 0. The van der Waals surface area contributed by atoms with Crippen LogP contribution in [0, 0.1) is 0 Å². The first kappa shape index (κ1) is 15.3. The predicted molar refractivity (Wildman–Crippen MR) is 80.9 cm³/mol. The maximum Gasteiger partial charge on any atom is 0.115 e. The van der Waals surface area contributed by atoms with Crippen LogP contribution in [0.4, 0.5) is 0 Å². The molecule has 0 radical (unpaired) electrons. The van der Waals surface area contributed by atoms with Crippen molar-refractivity contribution in [3.63, 3.8) is 0 Å². The van der Waals surface area contributed by atoms with E-state index >= 15 is 0 Å². The van der Waals surface area contributed by atoms with Gasteiger partial charge in [0, 0.05) is 32.3 Å². The lowest BCUT2D eigenvalue weighted by Crippen LogP contribution is -2.52. The molecule has 1 aromatic carbocycles. The zero-order valence-corrected chi connectivity index (χ0v) is 12.5. The van der Waals surface area contributed by atoms with Crippen LogP contribution < -0.4 is 5.73 Å². The maximum absolute atomic E-state index is 9.34. The van der Waals surface area contributed by atoms with E-state index in [9.17, 15) is 5.11 Å². The number of nitrogens with zero attached hydrogens (tertiary/aromatic N) is 1. The summed E-state index contributed by atoms with van der Waals surface area (Å²) in [5.74, 6) is 0.321. The minimum Gasteiger partial charge on any atom is -0.508 e. The van der Waals surface area contributed by atoms with Gasteiger partial charge in [0.1, 0.15) is 5.75 Å². The third-order valence-electron chi connectivity index (χ3n) is 4.35. The first-order valence-corrected chi connectivity index (χ1v) is 7.40. The van der Waals surface area contributed by atoms with Crippen molar-refractivity contribution >= 4 is 0 Å². The number of hydrogen-bond donors (Lipinski definition) is 2. The van der Waals surface area contributed by atoms with Crippen LogP contribution in [0.3, 0.4) is 0 Å². The lowest BCUT2D eigenvalue weighted by Gasteiger charge is -2.42. The number of piperidine rings is 1. The molecule has 1 fully saturated rings. The summed E-state index contributed by atoms with van der Waals surface area (Å²) in [6.45, 7) is 3.97. The van der Waals surface area contributed by atoms with E-state index < -0.39 is 0 Å². The molecule has 1 aliphatic heterocycles. The summed E-state index contributed by atoms with van der Waals surface area (Å²) in [4.78, 5) is 2.50. The Labute approximate surface area is 121 Å². The number of likely N-dealkylation sites (tertiary alicyclic amines) is 1. The average molecular weight is 278 g/mol. The molecule has 1 aliphatic rings. The summed E-state index contributed by atoms with van der Waals surface area (Å²) < 4.78 is 5.47. The highest BCUT2D eigenvalue weighted by molar-refractivity contribution is 5.26. The Hall–Kier alpha value is -1.10. The van der Waals surface area contributed by atoms with Crippen molar-refractivity contribution in [2.45, 2.75) is 44.4 Å². The molecular formula is C16H26N2O2. The van der Waals surface area contributed by atoms with Crippen LogP contribution in [0.15, 0.2) is 24.3 Å². The number of nitrogens with two attached hydrogens (primary N) is 1. The summed E-state index contributed by atoms with van der Waals surface area (Å²) in [6, 6.07) is 8.34. The van der Waals surface area contributed by atoms with Crippen LogP contribution in [0.2, 0.25) is 0 Å². The van der Waals surface area contributed by atoms with Crippen LogP contribution in [-0.4, -0.2) is 48.4 Å². The molecule has 20 heavy (non-hydrogen) atoms. The number of phenols is 1. The van der Waals surface area contributed by atoms with Gasteiger partial charge in [-0.15, -0.1) is 0 Å². The molecule has 1 heterocycles. The Kier molecular flexibility index (Phi) is 5.40. The molecule has 0 aliphatic carbocycles. The molecule has 112 valence electrons. The Balaban J connectivity index is 1.97. The van der Waals surface area contributed by atoms with Gasteiger partial charge in [0.25, 0.3) is 0 Å². The van der Waals surface area contributed by atoms with Crippen molar-refractivity contribution in [2.75, 3.05) is 20.2 Å². The second-order valence-electron chi connectivity index (χ2n) is 5.73. The third kappa shape index (κ3) is 3.72. The fourth-order valence-electron chi connectivity index (χ4n) is 3.15. The van der Waals surface area contributed by atoms with Crippen molar-refractivity contribution in [3.8, 4) is 5.75 Å². The normalized spacial score (nSPS) is 25.6. The lowest BCUT2D eigenvalue weighted by atomic mass is 9.95. The second kappa shape index (κ2) is 7.07. The van der Waals surface area contributed by atoms with Gasteiger partial charge in [0.15, 0.2) is 0 Å². The molecule has 4 nitrogen and oxygen atoms in total. The minimum atomic E-state index is 0.321. The number of rotatable bonds is 5. The molecule has 0 amide bonds. The molecule has 4 heteroatoms. The fraction of sp³-hybridized carbons (Fsp3) is 0.625. The van der Waals surface area contributed by atoms with E-state index in [-0.39, 0.29) is 0 Å². The van der Waals surface area contributed by atoms with Gasteiger partial charge in [-0.1, -0.05) is 12.1 Å². The van der Waals surface area contributed by atoms with Gasteiger partial charge in [-0.25, -0.2) is 0 Å². The molecule has 2 rings (SSSR count). The van der Waals surface area contributed by atoms with Crippen molar-refractivity contribution in [1.82, 2.24) is 4.90 Å². The van der Waals surface area contributed by atoms with E-state index in [0.29, 0.717) is 30.5 Å². The Morgan fingerprint density at radius 3 is 2.70 bits per heavy atom. The topological polar surface area (TPSA) is 58.7 Å². The number of aromatic hydroxyl groups is 1. The van der Waals surface area contributed by atoms with Gasteiger partial charge >= 0.3 is 0 Å². The molecule has 1 aromatic rings. The first-order valence-electron chi connectivity index (χ1n) is 7.40. The lowest BCUT2D eigenvalue weighted by molar-refractivity contribution is -0.00105. The molecule has 3 N–H and O–H groups in total. The summed E-state index contributed by atoms with van der Waals surface area (Å²) in [7, 11) is 1.79. The van der Waals surface area contributed by atoms with Crippen molar-refractivity contribution < 1.29 is 9.84 Å². The van der Waals surface area contributed by atoms with E-state index in [4.69, 9.17) is 10.5 Å². The standard InChI is InChI=1S/C16H26N2O2/c1-12(9-13-3-5-15(19)6-4-13)18-8-7-16(20-2)10-14(18)11-17/h3-6,12,14,16,19H,7-11,17H2,1-2H3. The number of hydrogen-bond acceptors (Lipinski definition) is 4. The van der Waals surface area contributed by atoms with Crippen LogP contribution >= 0.6 is 0 Å². The quantitative estimate of drug-likeness (QED) is 0.861. The first-order chi connectivity index (χ1) is 9.63. The Morgan fingerprint density at radius 1 is 1.40 bits per heavy atom. The van der Waals surface area contributed by atoms with Crippen molar-refractivity contribution in [1.29, 1.82) is 0 Å². The zero-order chi connectivity index (χ0) is 14.5. The van der Waals surface area contributed by atoms with E-state index in [0.717, 1.165) is 25.8 Å². The molecule has 0 bridgehead atoms. The smallest absolute Gasteiger partial charge is 0.115 e. The average Bonchev–Trinajstić information content (AvgIpc) is 2.48. The van der Waals surface area contributed by atoms with Crippen LogP contribution in [-0.2, 0) is 11.2 Å². The zero-order valence-electron chi connectivity index (χ0n) is 12.5. The number of phenolic OH excluding ortho intramolecular Hbond substituents is 1. The minimum absolute atomic E-state index is 0.321. The van der Waals surface area contributed by atoms with Gasteiger partial charge in [0.2, 0.25) is 0 Å². The van der Waals surface area contributed by atoms with Crippen molar-refractivity contribution in [3.05, 3.63) is 29.8 Å². The number of methoxy groups -OCH3 is 1. The monoisotopic (exact) mass is 278 g/mol. The van der Waals surface area contributed by atoms with Crippen LogP contribution in [0.25, 0.3) is 0 Å². The van der Waals surface area contributed by atoms with Gasteiger partial charge in [-0.3, -0.25) is 4.90 Å². The molecule has 1 saturated heterocycles. The highest BCUT2D eigenvalue weighted by Crippen LogP contribution is 2.23. The molecule has 0 spiro atoms. The third-order valence-corrected chi connectivity index (χ3v) is 4.35. The largest absolute Gasteiger partial charge is 0.508 e. The highest BCUT2D eigenvalue weighted by atomic mass is 16.5. The highest BCUT2D eigenvalue weighted by Gasteiger charge is 2.30. The molecule has 3 unspecified atom stereocenters. The molecule has 0 aromatic heterocycles. The van der Waals surface area contributed by atoms with Crippen LogP contribution in [0.5, 0.6) is 5.75 Å². The SMILES string of the molecule is COC1CCN(C(C)Cc2ccc(O)cc2)C(CN)C1. The van der Waals surface area contributed by atoms with E-state index in [1.54, 1.807) is 19.2 Å². The number of benzene rings is 1. The van der Waals surface area contributed by atoms with Gasteiger partial charge in [-0.05, 0) is 43.9 Å². The van der Waals surface area contributed by atoms with Crippen molar-refractivity contribution in [2.24, 2.45) is 5.73 Å². The Morgan fingerprint density at radius 2 is 2.10 bits per heavy atom. The van der Waals surface area contributed by atoms with E-state index in [2.05, 4.69) is 11.8 Å². The Bertz CT molecular complexity index is 407. The summed E-state index contributed by atoms with van der Waals surface area (Å²) in [5.41, 5.74) is 7.18. The van der Waals surface area contributed by atoms with Gasteiger partial charge in [-0.2, -0.15) is 0 Å². The van der Waals surface area contributed by atoms with Crippen LogP contribution in [0.1, 0.15) is 25.3 Å². The molecule has 3 atom stereocenters.